The molecular weight excluding hydrogens is 296 g/mol. The Bertz CT molecular complexity index is 678. The van der Waals surface area contributed by atoms with Gasteiger partial charge in [-0.25, -0.2) is 4.79 Å². The molecule has 0 aliphatic carbocycles. The van der Waals surface area contributed by atoms with Gasteiger partial charge in [0.25, 0.3) is 0 Å². The number of aromatic nitrogens is 3. The smallest absolute Gasteiger partial charge is 0.410 e. The number of rotatable bonds is 2. The van der Waals surface area contributed by atoms with Gasteiger partial charge < -0.3 is 9.26 Å². The Hall–Kier alpha value is -2.44. The summed E-state index contributed by atoms with van der Waals surface area (Å²) in [7, 11) is 0. The monoisotopic (exact) mass is 316 g/mol. The summed E-state index contributed by atoms with van der Waals surface area (Å²) in [6.45, 7) is 6.18. The van der Waals surface area contributed by atoms with Crippen LogP contribution >= 0.6 is 0 Å². The van der Waals surface area contributed by atoms with Gasteiger partial charge in [0.2, 0.25) is 11.7 Å². The van der Waals surface area contributed by atoms with Crippen molar-refractivity contribution in [1.29, 1.82) is 0 Å². The van der Waals surface area contributed by atoms with Crippen molar-refractivity contribution in [3.63, 3.8) is 0 Å². The van der Waals surface area contributed by atoms with Gasteiger partial charge in [0.1, 0.15) is 11.6 Å². The van der Waals surface area contributed by atoms with Crippen LogP contribution in [0.1, 0.15) is 45.5 Å². The van der Waals surface area contributed by atoms with Crippen molar-refractivity contribution in [2.75, 3.05) is 6.54 Å². The highest BCUT2D eigenvalue weighted by molar-refractivity contribution is 5.69. The Morgan fingerprint density at radius 3 is 2.96 bits per heavy atom. The molecule has 7 heteroatoms. The molecule has 122 valence electrons. The van der Waals surface area contributed by atoms with E-state index in [0.29, 0.717) is 18.3 Å². The van der Waals surface area contributed by atoms with E-state index >= 15 is 0 Å². The van der Waals surface area contributed by atoms with Crippen LogP contribution in [0.3, 0.4) is 0 Å². The second-order valence-electron chi connectivity index (χ2n) is 6.53. The third-order valence-corrected chi connectivity index (χ3v) is 3.53. The molecule has 23 heavy (non-hydrogen) atoms. The van der Waals surface area contributed by atoms with Crippen LogP contribution in [0, 0.1) is 0 Å². The van der Waals surface area contributed by atoms with Crippen molar-refractivity contribution in [3.8, 4) is 11.4 Å². The number of hydrogen-bond donors (Lipinski definition) is 0. The zero-order valence-electron chi connectivity index (χ0n) is 13.5. The average molecular weight is 316 g/mol. The van der Waals surface area contributed by atoms with Gasteiger partial charge in [0.05, 0.1) is 0 Å². The van der Waals surface area contributed by atoms with Crippen molar-refractivity contribution in [1.82, 2.24) is 20.0 Å². The molecule has 1 fully saturated rings. The number of ether oxygens (including phenoxy) is 1. The van der Waals surface area contributed by atoms with E-state index in [1.165, 1.54) is 0 Å². The SMILES string of the molecule is CC(C)(C)OC(=O)N1CCCC1c1nc(-c2cccnc2)no1. The van der Waals surface area contributed by atoms with Gasteiger partial charge in [-0.1, -0.05) is 5.16 Å². The molecule has 0 spiro atoms. The van der Waals surface area contributed by atoms with Crippen molar-refractivity contribution < 1.29 is 14.1 Å². The normalized spacial score (nSPS) is 18.2. The lowest BCUT2D eigenvalue weighted by atomic mass is 10.2. The maximum Gasteiger partial charge on any atom is 0.410 e. The molecule has 2 aromatic heterocycles. The number of nitrogens with zero attached hydrogens (tertiary/aromatic N) is 4. The van der Waals surface area contributed by atoms with Crippen LogP contribution in [0.4, 0.5) is 4.79 Å². The molecule has 3 rings (SSSR count). The third-order valence-electron chi connectivity index (χ3n) is 3.53. The van der Waals surface area contributed by atoms with Gasteiger partial charge in [-0.2, -0.15) is 4.98 Å². The summed E-state index contributed by atoms with van der Waals surface area (Å²) < 4.78 is 10.8. The molecule has 0 saturated carbocycles. The van der Waals surface area contributed by atoms with Gasteiger partial charge in [-0.15, -0.1) is 0 Å². The summed E-state index contributed by atoms with van der Waals surface area (Å²) in [5, 5.41) is 3.99. The predicted molar refractivity (Wildman–Crippen MR) is 82.4 cm³/mol. The Balaban J connectivity index is 1.78. The van der Waals surface area contributed by atoms with Crippen LogP contribution in [0.2, 0.25) is 0 Å². The lowest BCUT2D eigenvalue weighted by Gasteiger charge is -2.26. The van der Waals surface area contributed by atoms with Gasteiger partial charge in [0.15, 0.2) is 0 Å². The Kier molecular flexibility index (Phi) is 4.02. The largest absolute Gasteiger partial charge is 0.444 e. The summed E-state index contributed by atoms with van der Waals surface area (Å²) in [5.41, 5.74) is 0.254. The molecule has 1 atom stereocenters. The Morgan fingerprint density at radius 1 is 1.43 bits per heavy atom. The number of likely N-dealkylation sites (tertiary alicyclic amines) is 1. The Labute approximate surface area is 134 Å². The molecule has 1 aliphatic rings. The summed E-state index contributed by atoms with van der Waals surface area (Å²) in [4.78, 5) is 22.5. The summed E-state index contributed by atoms with van der Waals surface area (Å²) >= 11 is 0. The molecule has 1 unspecified atom stereocenters. The molecule has 7 nitrogen and oxygen atoms in total. The number of carbonyl (C=O) groups excluding carboxylic acids is 1. The second kappa shape index (κ2) is 5.98. The van der Waals surface area contributed by atoms with Crippen LogP contribution in [0.25, 0.3) is 11.4 Å². The highest BCUT2D eigenvalue weighted by atomic mass is 16.6. The first kappa shape index (κ1) is 15.5. The molecule has 0 N–H and O–H groups in total. The minimum Gasteiger partial charge on any atom is -0.444 e. The minimum absolute atomic E-state index is 0.234. The van der Waals surface area contributed by atoms with Gasteiger partial charge in [-0.05, 0) is 45.7 Å². The highest BCUT2D eigenvalue weighted by Gasteiger charge is 2.36. The molecule has 1 saturated heterocycles. The molecule has 1 amide bonds. The number of pyridine rings is 1. The molecular formula is C16H20N4O3. The first-order valence-electron chi connectivity index (χ1n) is 7.68. The van der Waals surface area contributed by atoms with Crippen LogP contribution in [0.5, 0.6) is 0 Å². The molecule has 2 aromatic rings. The van der Waals surface area contributed by atoms with Gasteiger partial charge in [0, 0.05) is 24.5 Å². The predicted octanol–water partition coefficient (Wildman–Crippen LogP) is 3.20. The van der Waals surface area contributed by atoms with Crippen LogP contribution in [-0.4, -0.2) is 38.3 Å². The maximum atomic E-state index is 12.3. The van der Waals surface area contributed by atoms with Gasteiger partial charge >= 0.3 is 6.09 Å². The van der Waals surface area contributed by atoms with Crippen LogP contribution in [-0.2, 0) is 4.74 Å². The minimum atomic E-state index is -0.528. The zero-order valence-corrected chi connectivity index (χ0v) is 13.5. The summed E-state index contributed by atoms with van der Waals surface area (Å²) in [5.74, 6) is 0.913. The quantitative estimate of drug-likeness (QED) is 0.846. The standard InChI is InChI=1S/C16H20N4O3/c1-16(2,3)22-15(21)20-9-5-7-12(20)14-18-13(19-23-14)11-6-4-8-17-10-11/h4,6,8,10,12H,5,7,9H2,1-3H3. The highest BCUT2D eigenvalue weighted by Crippen LogP contribution is 2.33. The van der Waals surface area contributed by atoms with E-state index in [-0.39, 0.29) is 12.1 Å². The molecule has 1 aliphatic heterocycles. The lowest BCUT2D eigenvalue weighted by Crippen LogP contribution is -2.36. The van der Waals surface area contributed by atoms with Crippen molar-refractivity contribution in [2.45, 2.75) is 45.3 Å². The summed E-state index contributed by atoms with van der Waals surface area (Å²) in [6.07, 6.45) is 4.68. The maximum absolute atomic E-state index is 12.3. The van der Waals surface area contributed by atoms with E-state index in [1.807, 2.05) is 32.9 Å². The first-order valence-corrected chi connectivity index (χ1v) is 7.68. The third kappa shape index (κ3) is 3.49. The topological polar surface area (TPSA) is 81.4 Å². The van der Waals surface area contributed by atoms with Crippen LogP contribution < -0.4 is 0 Å². The first-order chi connectivity index (χ1) is 10.9. The van der Waals surface area contributed by atoms with E-state index in [0.717, 1.165) is 18.4 Å². The number of hydrogen-bond acceptors (Lipinski definition) is 6. The van der Waals surface area contributed by atoms with E-state index < -0.39 is 5.60 Å². The second-order valence-corrected chi connectivity index (χ2v) is 6.53. The fraction of sp³-hybridized carbons (Fsp3) is 0.500. The van der Waals surface area contributed by atoms with E-state index in [1.54, 1.807) is 17.3 Å². The lowest BCUT2D eigenvalue weighted by molar-refractivity contribution is 0.0199. The number of carbonyl (C=O) groups is 1. The fourth-order valence-corrected chi connectivity index (χ4v) is 2.55. The molecule has 0 aromatic carbocycles. The van der Waals surface area contributed by atoms with E-state index in [2.05, 4.69) is 15.1 Å². The average Bonchev–Trinajstić information content (AvgIpc) is 3.15. The fourth-order valence-electron chi connectivity index (χ4n) is 2.55. The number of amides is 1. The Morgan fingerprint density at radius 2 is 2.26 bits per heavy atom. The zero-order chi connectivity index (χ0) is 16.4. The molecule has 0 radical (unpaired) electrons. The van der Waals surface area contributed by atoms with E-state index in [4.69, 9.17) is 9.26 Å². The van der Waals surface area contributed by atoms with Crippen molar-refractivity contribution >= 4 is 6.09 Å². The van der Waals surface area contributed by atoms with Crippen molar-refractivity contribution in [3.05, 3.63) is 30.4 Å². The summed E-state index contributed by atoms with van der Waals surface area (Å²) in [6, 6.07) is 3.44. The van der Waals surface area contributed by atoms with E-state index in [9.17, 15) is 4.79 Å². The van der Waals surface area contributed by atoms with Gasteiger partial charge in [-0.3, -0.25) is 9.88 Å². The van der Waals surface area contributed by atoms with Crippen LogP contribution in [0.15, 0.2) is 29.0 Å². The molecule has 0 bridgehead atoms. The molecule has 3 heterocycles. The van der Waals surface area contributed by atoms with Crippen molar-refractivity contribution in [2.24, 2.45) is 0 Å².